The molecule has 0 spiro atoms. The molecular formula is C34H46N10O2S2. The Morgan fingerprint density at radius 3 is 1.52 bits per heavy atom. The lowest BCUT2D eigenvalue weighted by Crippen LogP contribution is -2.51. The SMILES string of the molecule is CC(=O)Nc1ncc(CN2CCN[C@@H](Cc3ccc(C)nc3)C2)s1.CC(=O)Nc1ncc(CN2CCN[C@H](Cc3ccc(C)nc3)C2)s1. The molecule has 0 bridgehead atoms. The first kappa shape index (κ1) is 35.6. The van der Waals surface area contributed by atoms with Crippen molar-refractivity contribution in [3.63, 3.8) is 0 Å². The third-order valence-electron chi connectivity index (χ3n) is 8.02. The van der Waals surface area contributed by atoms with E-state index in [2.05, 4.69) is 75.3 Å². The molecule has 4 N–H and O–H groups in total. The summed E-state index contributed by atoms with van der Waals surface area (Å²) in [6, 6.07) is 9.32. The monoisotopic (exact) mass is 690 g/mol. The molecule has 256 valence electrons. The zero-order valence-corrected chi connectivity index (χ0v) is 29.8. The lowest BCUT2D eigenvalue weighted by atomic mass is 10.1. The lowest BCUT2D eigenvalue weighted by molar-refractivity contribution is -0.115. The van der Waals surface area contributed by atoms with Gasteiger partial charge in [0.25, 0.3) is 0 Å². The van der Waals surface area contributed by atoms with Gasteiger partial charge in [0.2, 0.25) is 11.8 Å². The maximum atomic E-state index is 11.1. The summed E-state index contributed by atoms with van der Waals surface area (Å²) in [5, 5.41) is 14.0. The zero-order chi connectivity index (χ0) is 33.9. The Labute approximate surface area is 290 Å². The fourth-order valence-corrected chi connectivity index (χ4v) is 7.58. The van der Waals surface area contributed by atoms with Crippen LogP contribution in [0, 0.1) is 13.8 Å². The summed E-state index contributed by atoms with van der Waals surface area (Å²) in [6.45, 7) is 14.8. The van der Waals surface area contributed by atoms with Crippen molar-refractivity contribution in [2.24, 2.45) is 0 Å². The highest BCUT2D eigenvalue weighted by Gasteiger charge is 2.22. The van der Waals surface area contributed by atoms with Gasteiger partial charge >= 0.3 is 0 Å². The number of hydrogen-bond donors (Lipinski definition) is 4. The minimum Gasteiger partial charge on any atom is -0.311 e. The van der Waals surface area contributed by atoms with Gasteiger partial charge in [0.1, 0.15) is 0 Å². The van der Waals surface area contributed by atoms with Crippen molar-refractivity contribution in [3.8, 4) is 0 Å². The molecular weight excluding hydrogens is 645 g/mol. The van der Waals surface area contributed by atoms with Gasteiger partial charge in [-0.15, -0.1) is 22.7 Å². The summed E-state index contributed by atoms with van der Waals surface area (Å²) in [5.74, 6) is -0.158. The molecule has 0 aromatic carbocycles. The molecule has 12 nitrogen and oxygen atoms in total. The highest BCUT2D eigenvalue weighted by atomic mass is 32.1. The highest BCUT2D eigenvalue weighted by Crippen LogP contribution is 2.22. The molecule has 2 atom stereocenters. The number of pyridine rings is 2. The molecule has 2 aliphatic heterocycles. The second-order valence-electron chi connectivity index (χ2n) is 12.4. The summed E-state index contributed by atoms with van der Waals surface area (Å²) in [5.41, 5.74) is 4.64. The Bertz CT molecular complexity index is 1490. The van der Waals surface area contributed by atoms with Crippen LogP contribution in [0.2, 0.25) is 0 Å². The van der Waals surface area contributed by atoms with Gasteiger partial charge in [0.05, 0.1) is 0 Å². The number of aryl methyl sites for hydroxylation is 2. The molecule has 0 unspecified atom stereocenters. The minimum absolute atomic E-state index is 0.0788. The number of carbonyl (C=O) groups is 2. The van der Waals surface area contributed by atoms with Crippen LogP contribution >= 0.6 is 22.7 Å². The van der Waals surface area contributed by atoms with Gasteiger partial charge in [-0.05, 0) is 49.9 Å². The van der Waals surface area contributed by atoms with E-state index < -0.39 is 0 Å². The van der Waals surface area contributed by atoms with E-state index in [0.717, 1.165) is 76.6 Å². The average Bonchev–Trinajstić information content (AvgIpc) is 3.68. The van der Waals surface area contributed by atoms with E-state index in [1.165, 1.54) is 34.7 Å². The van der Waals surface area contributed by atoms with Crippen molar-refractivity contribution in [2.45, 2.75) is 65.7 Å². The van der Waals surface area contributed by atoms with E-state index in [4.69, 9.17) is 0 Å². The molecule has 48 heavy (non-hydrogen) atoms. The Hall–Kier alpha value is -3.66. The highest BCUT2D eigenvalue weighted by molar-refractivity contribution is 7.16. The van der Waals surface area contributed by atoms with Gasteiger partial charge in [-0.25, -0.2) is 9.97 Å². The molecule has 2 fully saturated rings. The third kappa shape index (κ3) is 11.8. The second kappa shape index (κ2) is 17.7. The van der Waals surface area contributed by atoms with Crippen LogP contribution in [0.15, 0.2) is 49.1 Å². The largest absolute Gasteiger partial charge is 0.311 e. The standard InChI is InChI=1S/2C17H23N5OS/c2*1-12-3-4-14(8-19-12)7-15-10-22(6-5-18-15)11-16-9-20-17(24-16)21-13(2)23/h2*3-4,8-9,15,18H,5-7,10-11H2,1-2H3,(H,20,21,23)/t2*15-/m10/s1. The van der Waals surface area contributed by atoms with E-state index in [-0.39, 0.29) is 11.8 Å². The molecule has 0 radical (unpaired) electrons. The molecule has 14 heteroatoms. The predicted molar refractivity (Wildman–Crippen MR) is 192 cm³/mol. The van der Waals surface area contributed by atoms with Gasteiger partial charge in [0.15, 0.2) is 10.3 Å². The summed E-state index contributed by atoms with van der Waals surface area (Å²) < 4.78 is 0. The van der Waals surface area contributed by atoms with Crippen molar-refractivity contribution in [1.82, 2.24) is 40.4 Å². The number of carbonyl (C=O) groups excluding carboxylic acids is 2. The summed E-state index contributed by atoms with van der Waals surface area (Å²) in [4.78, 5) is 46.7. The number of nitrogens with zero attached hydrogens (tertiary/aromatic N) is 6. The van der Waals surface area contributed by atoms with Crippen LogP contribution in [-0.4, -0.2) is 92.9 Å². The van der Waals surface area contributed by atoms with E-state index in [1.54, 1.807) is 22.7 Å². The van der Waals surface area contributed by atoms with Crippen LogP contribution in [0.3, 0.4) is 0 Å². The molecule has 2 saturated heterocycles. The summed E-state index contributed by atoms with van der Waals surface area (Å²) >= 11 is 3.09. The third-order valence-corrected chi connectivity index (χ3v) is 9.82. The first-order valence-corrected chi connectivity index (χ1v) is 18.0. The zero-order valence-electron chi connectivity index (χ0n) is 28.2. The Kier molecular flexibility index (Phi) is 13.1. The quantitative estimate of drug-likeness (QED) is 0.195. The number of aromatic nitrogens is 4. The second-order valence-corrected chi connectivity index (χ2v) is 14.7. The van der Waals surface area contributed by atoms with E-state index in [9.17, 15) is 9.59 Å². The molecule has 0 saturated carbocycles. The van der Waals surface area contributed by atoms with Crippen molar-refractivity contribution in [3.05, 3.63) is 81.3 Å². The van der Waals surface area contributed by atoms with Crippen LogP contribution in [0.25, 0.3) is 0 Å². The Morgan fingerprint density at radius 2 is 1.15 bits per heavy atom. The normalized spacial score (nSPS) is 18.5. The summed E-state index contributed by atoms with van der Waals surface area (Å²) in [6.07, 6.45) is 9.64. The molecule has 6 heterocycles. The fraction of sp³-hybridized carbons (Fsp3) is 0.471. The van der Waals surface area contributed by atoms with Crippen LogP contribution in [0.1, 0.15) is 46.1 Å². The molecule has 4 aromatic heterocycles. The lowest BCUT2D eigenvalue weighted by Gasteiger charge is -2.33. The number of anilines is 2. The van der Waals surface area contributed by atoms with Crippen LogP contribution < -0.4 is 21.3 Å². The number of amides is 2. The van der Waals surface area contributed by atoms with Crippen molar-refractivity contribution in [1.29, 1.82) is 0 Å². The van der Waals surface area contributed by atoms with Crippen LogP contribution in [0.4, 0.5) is 10.3 Å². The van der Waals surface area contributed by atoms with Gasteiger partial charge in [-0.1, -0.05) is 12.1 Å². The van der Waals surface area contributed by atoms with Gasteiger partial charge in [-0.2, -0.15) is 0 Å². The topological polar surface area (TPSA) is 140 Å². The molecule has 6 rings (SSSR count). The smallest absolute Gasteiger partial charge is 0.223 e. The maximum Gasteiger partial charge on any atom is 0.223 e. The van der Waals surface area contributed by atoms with Gasteiger partial charge < -0.3 is 21.3 Å². The number of piperazine rings is 2. The molecule has 4 aromatic rings. The Balaban J connectivity index is 0.000000188. The number of hydrogen-bond acceptors (Lipinski definition) is 12. The average molecular weight is 691 g/mol. The van der Waals surface area contributed by atoms with E-state index >= 15 is 0 Å². The molecule has 2 aliphatic rings. The van der Waals surface area contributed by atoms with Crippen molar-refractivity contribution in [2.75, 3.05) is 49.9 Å². The number of thiazole rings is 2. The fourth-order valence-electron chi connectivity index (χ4n) is 5.78. The Morgan fingerprint density at radius 1 is 0.708 bits per heavy atom. The van der Waals surface area contributed by atoms with Crippen molar-refractivity contribution < 1.29 is 9.59 Å². The molecule has 2 amide bonds. The minimum atomic E-state index is -0.0788. The van der Waals surface area contributed by atoms with Gasteiger partial charge in [-0.3, -0.25) is 29.4 Å². The van der Waals surface area contributed by atoms with Crippen molar-refractivity contribution >= 4 is 44.8 Å². The molecule has 0 aliphatic carbocycles. The summed E-state index contributed by atoms with van der Waals surface area (Å²) in [7, 11) is 0. The maximum absolute atomic E-state index is 11.1. The van der Waals surface area contributed by atoms with Gasteiger partial charge in [0, 0.05) is 124 Å². The van der Waals surface area contributed by atoms with Crippen LogP contribution in [0.5, 0.6) is 0 Å². The van der Waals surface area contributed by atoms with E-state index in [1.807, 2.05) is 38.6 Å². The number of rotatable bonds is 10. The van der Waals surface area contributed by atoms with Crippen LogP contribution in [-0.2, 0) is 35.5 Å². The number of nitrogens with one attached hydrogen (secondary N) is 4. The first-order valence-electron chi connectivity index (χ1n) is 16.4. The predicted octanol–water partition coefficient (Wildman–Crippen LogP) is 3.64. The van der Waals surface area contributed by atoms with E-state index in [0.29, 0.717) is 22.3 Å². The first-order chi connectivity index (χ1) is 23.2.